The van der Waals surface area contributed by atoms with Crippen LogP contribution < -0.4 is 5.56 Å². The van der Waals surface area contributed by atoms with Crippen molar-refractivity contribution in [3.63, 3.8) is 0 Å². The van der Waals surface area contributed by atoms with E-state index in [1.165, 1.54) is 35.1 Å². The number of aromatic amines is 1. The zero-order chi connectivity index (χ0) is 18.7. The molecule has 0 radical (unpaired) electrons. The predicted molar refractivity (Wildman–Crippen MR) is 93.5 cm³/mol. The molecule has 8 heteroatoms. The average Bonchev–Trinajstić information content (AvgIpc) is 3.01. The Labute approximate surface area is 149 Å². The number of nitrogens with zero attached hydrogens (tertiary/aromatic N) is 4. The molecule has 26 heavy (non-hydrogen) atoms. The van der Waals surface area contributed by atoms with E-state index in [1.54, 1.807) is 24.0 Å². The summed E-state index contributed by atoms with van der Waals surface area (Å²) in [5.41, 5.74) is 1.43. The number of carbonyl (C=O) groups is 1. The van der Waals surface area contributed by atoms with Crippen LogP contribution in [0.2, 0.25) is 0 Å². The molecular formula is C18H18FN5O2. The highest BCUT2D eigenvalue weighted by atomic mass is 19.1. The highest BCUT2D eigenvalue weighted by Crippen LogP contribution is 2.16. The van der Waals surface area contributed by atoms with Crippen LogP contribution in [0.25, 0.3) is 5.82 Å². The maximum atomic E-state index is 13.4. The van der Waals surface area contributed by atoms with Crippen molar-refractivity contribution in [1.82, 2.24) is 24.9 Å². The van der Waals surface area contributed by atoms with Crippen molar-refractivity contribution < 1.29 is 9.18 Å². The molecule has 7 nitrogen and oxygen atoms in total. The third-order valence-corrected chi connectivity index (χ3v) is 4.05. The van der Waals surface area contributed by atoms with Gasteiger partial charge in [0.25, 0.3) is 11.5 Å². The monoisotopic (exact) mass is 355 g/mol. The Hall–Kier alpha value is -3.29. The minimum atomic E-state index is -0.334. The molecule has 3 aromatic rings. The van der Waals surface area contributed by atoms with E-state index >= 15 is 0 Å². The summed E-state index contributed by atoms with van der Waals surface area (Å²) in [6.07, 6.45) is 1.47. The number of nitrogens with one attached hydrogen (secondary N) is 1. The molecular weight excluding hydrogens is 337 g/mol. The van der Waals surface area contributed by atoms with Gasteiger partial charge in [-0.2, -0.15) is 10.2 Å². The maximum absolute atomic E-state index is 13.4. The van der Waals surface area contributed by atoms with Gasteiger partial charge in [-0.1, -0.05) is 12.1 Å². The number of hydrogen-bond donors (Lipinski definition) is 1. The third-order valence-electron chi connectivity index (χ3n) is 4.05. The van der Waals surface area contributed by atoms with Gasteiger partial charge in [0, 0.05) is 19.2 Å². The van der Waals surface area contributed by atoms with Gasteiger partial charge >= 0.3 is 0 Å². The summed E-state index contributed by atoms with van der Waals surface area (Å²) in [5, 5.41) is 10.5. The second-order valence-corrected chi connectivity index (χ2v) is 5.78. The molecule has 0 atom stereocenters. The molecule has 2 aromatic heterocycles. The zero-order valence-electron chi connectivity index (χ0n) is 14.4. The number of hydrogen-bond acceptors (Lipinski definition) is 4. The summed E-state index contributed by atoms with van der Waals surface area (Å²) >= 11 is 0. The van der Waals surface area contributed by atoms with Gasteiger partial charge in [0.05, 0.1) is 17.5 Å². The van der Waals surface area contributed by atoms with E-state index < -0.39 is 0 Å². The summed E-state index contributed by atoms with van der Waals surface area (Å²) in [6.45, 7) is 4.38. The van der Waals surface area contributed by atoms with Gasteiger partial charge < -0.3 is 4.90 Å². The van der Waals surface area contributed by atoms with Gasteiger partial charge in [0.1, 0.15) is 5.82 Å². The van der Waals surface area contributed by atoms with Gasteiger partial charge in [-0.3, -0.25) is 9.59 Å². The van der Waals surface area contributed by atoms with E-state index in [4.69, 9.17) is 0 Å². The number of H-pyrrole nitrogens is 1. The fraction of sp³-hybridized carbons (Fsp3) is 0.222. The Morgan fingerprint density at radius 1 is 1.31 bits per heavy atom. The number of rotatable bonds is 5. The topological polar surface area (TPSA) is 83.9 Å². The molecule has 0 fully saturated rings. The van der Waals surface area contributed by atoms with Crippen molar-refractivity contribution >= 4 is 5.91 Å². The first-order valence-electron chi connectivity index (χ1n) is 8.14. The summed E-state index contributed by atoms with van der Waals surface area (Å²) in [5.74, 6) is -0.126. The Balaban J connectivity index is 1.86. The highest BCUT2D eigenvalue weighted by Gasteiger charge is 2.21. The molecule has 1 N–H and O–H groups in total. The van der Waals surface area contributed by atoms with Gasteiger partial charge in [-0.15, -0.1) is 0 Å². The summed E-state index contributed by atoms with van der Waals surface area (Å²) in [7, 11) is 0. The van der Waals surface area contributed by atoms with E-state index in [1.807, 2.05) is 6.92 Å². The molecule has 0 aliphatic heterocycles. The summed E-state index contributed by atoms with van der Waals surface area (Å²) in [6, 6.07) is 9.04. The van der Waals surface area contributed by atoms with E-state index in [0.717, 1.165) is 0 Å². The molecule has 0 aliphatic carbocycles. The molecule has 0 unspecified atom stereocenters. The van der Waals surface area contributed by atoms with Crippen molar-refractivity contribution in [2.24, 2.45) is 0 Å². The van der Waals surface area contributed by atoms with Crippen LogP contribution >= 0.6 is 0 Å². The first-order valence-corrected chi connectivity index (χ1v) is 8.14. The van der Waals surface area contributed by atoms with E-state index in [2.05, 4.69) is 15.3 Å². The Morgan fingerprint density at radius 2 is 2.12 bits per heavy atom. The smallest absolute Gasteiger partial charge is 0.264 e. The highest BCUT2D eigenvalue weighted by molar-refractivity contribution is 5.95. The van der Waals surface area contributed by atoms with Crippen LogP contribution in [-0.2, 0) is 6.54 Å². The maximum Gasteiger partial charge on any atom is 0.264 e. The van der Waals surface area contributed by atoms with E-state index in [9.17, 15) is 14.0 Å². The van der Waals surface area contributed by atoms with Crippen molar-refractivity contribution in [1.29, 1.82) is 0 Å². The van der Waals surface area contributed by atoms with Crippen LogP contribution in [0.4, 0.5) is 4.39 Å². The van der Waals surface area contributed by atoms with Crippen molar-refractivity contribution in [2.45, 2.75) is 20.4 Å². The van der Waals surface area contributed by atoms with Crippen LogP contribution in [0.3, 0.4) is 0 Å². The minimum Gasteiger partial charge on any atom is -0.334 e. The third kappa shape index (κ3) is 3.53. The zero-order valence-corrected chi connectivity index (χ0v) is 14.4. The fourth-order valence-electron chi connectivity index (χ4n) is 2.66. The van der Waals surface area contributed by atoms with Crippen molar-refractivity contribution in [2.75, 3.05) is 6.54 Å². The first kappa shape index (κ1) is 17.5. The lowest BCUT2D eigenvalue weighted by Gasteiger charge is -2.21. The first-order chi connectivity index (χ1) is 12.5. The second kappa shape index (κ2) is 7.30. The van der Waals surface area contributed by atoms with Crippen LogP contribution in [0.5, 0.6) is 0 Å². The largest absolute Gasteiger partial charge is 0.334 e. The molecule has 0 saturated carbocycles. The average molecular weight is 355 g/mol. The summed E-state index contributed by atoms with van der Waals surface area (Å²) in [4.78, 5) is 25.6. The Bertz CT molecular complexity index is 975. The minimum absolute atomic E-state index is 0.204. The lowest BCUT2D eigenvalue weighted by atomic mass is 10.1. The molecule has 3 rings (SSSR count). The number of benzene rings is 1. The molecule has 0 spiro atoms. The molecule has 134 valence electrons. The molecule has 0 aliphatic rings. The molecule has 0 saturated heterocycles. The lowest BCUT2D eigenvalue weighted by molar-refractivity contribution is 0.0751. The lowest BCUT2D eigenvalue weighted by Crippen LogP contribution is -2.30. The second-order valence-electron chi connectivity index (χ2n) is 5.78. The summed E-state index contributed by atoms with van der Waals surface area (Å²) < 4.78 is 14.9. The standard InChI is InChI=1S/C18H18FN5O2/c1-3-23(11-13-5-4-6-14(19)9-13)18(26)15-10-20-24(12(15)2)16-7-8-17(25)22-21-16/h4-10H,3,11H2,1-2H3,(H,22,25). The van der Waals surface area contributed by atoms with Gasteiger partial charge in [-0.25, -0.2) is 14.2 Å². The van der Waals surface area contributed by atoms with Crippen LogP contribution in [-0.4, -0.2) is 37.3 Å². The fourth-order valence-corrected chi connectivity index (χ4v) is 2.66. The number of amides is 1. The quantitative estimate of drug-likeness (QED) is 0.759. The van der Waals surface area contributed by atoms with Crippen LogP contribution in [0.15, 0.2) is 47.4 Å². The van der Waals surface area contributed by atoms with Crippen molar-refractivity contribution in [3.05, 3.63) is 75.6 Å². The normalized spacial score (nSPS) is 10.7. The molecule has 1 amide bonds. The van der Waals surface area contributed by atoms with Gasteiger partial charge in [0.15, 0.2) is 5.82 Å². The van der Waals surface area contributed by atoms with E-state index in [0.29, 0.717) is 35.7 Å². The van der Waals surface area contributed by atoms with Crippen molar-refractivity contribution in [3.8, 4) is 5.82 Å². The van der Waals surface area contributed by atoms with Crippen LogP contribution in [0, 0.1) is 12.7 Å². The number of aromatic nitrogens is 4. The predicted octanol–water partition coefficient (Wildman–Crippen LogP) is 2.07. The molecule has 0 bridgehead atoms. The Morgan fingerprint density at radius 3 is 2.77 bits per heavy atom. The number of halogens is 1. The SMILES string of the molecule is CCN(Cc1cccc(F)c1)C(=O)c1cnn(-c2ccc(=O)[nH]n2)c1C. The van der Waals surface area contributed by atoms with Crippen LogP contribution in [0.1, 0.15) is 28.5 Å². The van der Waals surface area contributed by atoms with E-state index in [-0.39, 0.29) is 17.3 Å². The number of carbonyl (C=O) groups excluding carboxylic acids is 1. The van der Waals surface area contributed by atoms with Gasteiger partial charge in [0.2, 0.25) is 0 Å². The molecule has 2 heterocycles. The molecule has 1 aromatic carbocycles. The Kier molecular flexibility index (Phi) is 4.92. The van der Waals surface area contributed by atoms with Gasteiger partial charge in [-0.05, 0) is 37.6 Å².